The largest absolute Gasteiger partial charge is 0.469 e. The normalized spacial score (nSPS) is 14.9. The van der Waals surface area contributed by atoms with Gasteiger partial charge in [0.25, 0.3) is 0 Å². The van der Waals surface area contributed by atoms with Crippen molar-refractivity contribution < 1.29 is 4.42 Å². The van der Waals surface area contributed by atoms with Crippen LogP contribution in [0.15, 0.2) is 34.3 Å². The van der Waals surface area contributed by atoms with Gasteiger partial charge in [0.2, 0.25) is 0 Å². The highest BCUT2D eigenvalue weighted by Crippen LogP contribution is 2.28. The molecule has 0 radical (unpaired) electrons. The lowest BCUT2D eigenvalue weighted by Gasteiger charge is -2.30. The van der Waals surface area contributed by atoms with Gasteiger partial charge in [0.1, 0.15) is 5.76 Å². The summed E-state index contributed by atoms with van der Waals surface area (Å²) >= 11 is 1.76. The Morgan fingerprint density at radius 3 is 2.72 bits per heavy atom. The summed E-state index contributed by atoms with van der Waals surface area (Å²) in [6.45, 7) is 4.91. The minimum atomic E-state index is 0.0980. The molecule has 0 fully saturated rings. The second-order valence-electron chi connectivity index (χ2n) is 4.74. The van der Waals surface area contributed by atoms with E-state index in [4.69, 9.17) is 10.2 Å². The minimum Gasteiger partial charge on any atom is -0.469 e. The number of thiophene rings is 1. The van der Waals surface area contributed by atoms with Crippen molar-refractivity contribution in [2.75, 3.05) is 7.05 Å². The highest BCUT2D eigenvalue weighted by molar-refractivity contribution is 7.10. The van der Waals surface area contributed by atoms with Crippen LogP contribution in [-0.2, 0) is 6.54 Å². The van der Waals surface area contributed by atoms with Gasteiger partial charge < -0.3 is 10.2 Å². The van der Waals surface area contributed by atoms with Crippen molar-refractivity contribution >= 4 is 11.3 Å². The molecule has 4 heteroatoms. The zero-order chi connectivity index (χ0) is 13.1. The van der Waals surface area contributed by atoms with Gasteiger partial charge in [-0.1, -0.05) is 6.07 Å². The van der Waals surface area contributed by atoms with E-state index in [0.717, 1.165) is 12.3 Å². The molecule has 0 bridgehead atoms. The predicted molar refractivity (Wildman–Crippen MR) is 75.6 cm³/mol. The first-order valence-electron chi connectivity index (χ1n) is 6.11. The fourth-order valence-corrected chi connectivity index (χ4v) is 3.29. The summed E-state index contributed by atoms with van der Waals surface area (Å²) in [4.78, 5) is 3.60. The lowest BCUT2D eigenvalue weighted by Crippen LogP contribution is -2.36. The molecule has 98 valence electrons. The molecule has 2 rings (SSSR count). The molecule has 0 saturated heterocycles. The molecule has 2 N–H and O–H groups in total. The second-order valence-corrected chi connectivity index (χ2v) is 5.72. The molecule has 2 aromatic heterocycles. The number of hydrogen-bond donors (Lipinski definition) is 1. The molecular formula is C14H20N2OS. The van der Waals surface area contributed by atoms with Crippen LogP contribution in [0.25, 0.3) is 0 Å². The molecule has 2 atom stereocenters. The first-order valence-corrected chi connectivity index (χ1v) is 6.99. The van der Waals surface area contributed by atoms with Gasteiger partial charge in [-0.15, -0.1) is 11.3 Å². The first-order chi connectivity index (χ1) is 8.59. The summed E-state index contributed by atoms with van der Waals surface area (Å²) in [5.41, 5.74) is 7.36. The van der Waals surface area contributed by atoms with E-state index in [9.17, 15) is 0 Å². The standard InChI is InChI=1S/C14H20N2OS/c1-10(15)14(13-5-4-8-18-13)16(3)9-12-6-7-17-11(12)2/h4-8,10,14H,9,15H2,1-3H3. The number of nitrogens with zero attached hydrogens (tertiary/aromatic N) is 1. The second kappa shape index (κ2) is 5.69. The molecule has 0 aliphatic carbocycles. The lowest BCUT2D eigenvalue weighted by molar-refractivity contribution is 0.213. The van der Waals surface area contributed by atoms with Gasteiger partial charge in [0.05, 0.1) is 12.3 Å². The van der Waals surface area contributed by atoms with Crippen molar-refractivity contribution in [3.05, 3.63) is 46.0 Å². The highest BCUT2D eigenvalue weighted by atomic mass is 32.1. The molecule has 0 spiro atoms. The van der Waals surface area contributed by atoms with Crippen LogP contribution >= 0.6 is 11.3 Å². The van der Waals surface area contributed by atoms with E-state index in [-0.39, 0.29) is 12.1 Å². The molecule has 18 heavy (non-hydrogen) atoms. The van der Waals surface area contributed by atoms with Crippen molar-refractivity contribution in [3.8, 4) is 0 Å². The Labute approximate surface area is 112 Å². The van der Waals surface area contributed by atoms with Crippen LogP contribution in [0.2, 0.25) is 0 Å². The van der Waals surface area contributed by atoms with Crippen molar-refractivity contribution in [2.45, 2.75) is 32.5 Å². The van der Waals surface area contributed by atoms with E-state index in [2.05, 4.69) is 36.4 Å². The van der Waals surface area contributed by atoms with Crippen LogP contribution in [0.5, 0.6) is 0 Å². The van der Waals surface area contributed by atoms with Crippen LogP contribution in [0.1, 0.15) is 29.2 Å². The smallest absolute Gasteiger partial charge is 0.105 e. The van der Waals surface area contributed by atoms with Crippen LogP contribution in [0.4, 0.5) is 0 Å². The van der Waals surface area contributed by atoms with Gasteiger partial charge >= 0.3 is 0 Å². The van der Waals surface area contributed by atoms with Gasteiger partial charge in [-0.05, 0) is 38.4 Å². The number of furan rings is 1. The third kappa shape index (κ3) is 2.83. The highest BCUT2D eigenvalue weighted by Gasteiger charge is 2.22. The SMILES string of the molecule is Cc1occc1CN(C)C(c1cccs1)C(C)N. The quantitative estimate of drug-likeness (QED) is 0.902. The fraction of sp³-hybridized carbons (Fsp3) is 0.429. The van der Waals surface area contributed by atoms with E-state index in [1.54, 1.807) is 17.6 Å². The minimum absolute atomic E-state index is 0.0980. The summed E-state index contributed by atoms with van der Waals surface area (Å²) in [6.07, 6.45) is 1.74. The zero-order valence-corrected chi connectivity index (χ0v) is 11.9. The van der Waals surface area contributed by atoms with E-state index < -0.39 is 0 Å². The van der Waals surface area contributed by atoms with Crippen molar-refractivity contribution in [2.24, 2.45) is 5.73 Å². The molecule has 2 aromatic rings. The Bertz CT molecular complexity index is 476. The lowest BCUT2D eigenvalue weighted by atomic mass is 10.1. The van der Waals surface area contributed by atoms with Crippen LogP contribution in [0.3, 0.4) is 0 Å². The Morgan fingerprint density at radius 2 is 2.22 bits per heavy atom. The summed E-state index contributed by atoms with van der Waals surface area (Å²) in [6, 6.07) is 6.60. The first kappa shape index (κ1) is 13.3. The third-order valence-electron chi connectivity index (χ3n) is 3.19. The molecule has 0 amide bonds. The summed E-state index contributed by atoms with van der Waals surface area (Å²) in [5.74, 6) is 0.983. The van der Waals surface area contributed by atoms with Crippen LogP contribution < -0.4 is 5.73 Å². The van der Waals surface area contributed by atoms with Gasteiger partial charge in [-0.25, -0.2) is 0 Å². The molecule has 3 nitrogen and oxygen atoms in total. The predicted octanol–water partition coefficient (Wildman–Crippen LogP) is 3.17. The van der Waals surface area contributed by atoms with Crippen molar-refractivity contribution in [1.29, 1.82) is 0 Å². The summed E-state index contributed by atoms with van der Waals surface area (Å²) < 4.78 is 5.34. The third-order valence-corrected chi connectivity index (χ3v) is 4.14. The fourth-order valence-electron chi connectivity index (χ4n) is 2.28. The van der Waals surface area contributed by atoms with E-state index in [1.165, 1.54) is 10.4 Å². The monoisotopic (exact) mass is 264 g/mol. The molecule has 2 heterocycles. The summed E-state index contributed by atoms with van der Waals surface area (Å²) in [5, 5.41) is 2.10. The van der Waals surface area contributed by atoms with E-state index in [1.807, 2.05) is 13.0 Å². The molecule has 2 unspecified atom stereocenters. The maximum atomic E-state index is 6.14. The molecular weight excluding hydrogens is 244 g/mol. The summed E-state index contributed by atoms with van der Waals surface area (Å²) in [7, 11) is 2.11. The number of likely N-dealkylation sites (N-methyl/N-ethyl adjacent to an activating group) is 1. The number of hydrogen-bond acceptors (Lipinski definition) is 4. The Kier molecular flexibility index (Phi) is 4.22. The zero-order valence-electron chi connectivity index (χ0n) is 11.1. The maximum absolute atomic E-state index is 6.14. The van der Waals surface area contributed by atoms with Gasteiger partial charge in [-0.3, -0.25) is 4.90 Å². The van der Waals surface area contributed by atoms with Gasteiger partial charge in [0, 0.05) is 23.0 Å². The number of rotatable bonds is 5. The molecule has 0 aliphatic rings. The Morgan fingerprint density at radius 1 is 1.44 bits per heavy atom. The average Bonchev–Trinajstić information content (AvgIpc) is 2.92. The number of nitrogens with two attached hydrogens (primary N) is 1. The molecule has 0 aliphatic heterocycles. The topological polar surface area (TPSA) is 42.4 Å². The average molecular weight is 264 g/mol. The molecule has 0 saturated carbocycles. The van der Waals surface area contributed by atoms with Crippen molar-refractivity contribution in [1.82, 2.24) is 4.90 Å². The Hall–Kier alpha value is -1.10. The number of aryl methyl sites for hydroxylation is 1. The van der Waals surface area contributed by atoms with E-state index in [0.29, 0.717) is 0 Å². The van der Waals surface area contributed by atoms with Gasteiger partial charge in [-0.2, -0.15) is 0 Å². The maximum Gasteiger partial charge on any atom is 0.105 e. The van der Waals surface area contributed by atoms with E-state index >= 15 is 0 Å². The van der Waals surface area contributed by atoms with Crippen LogP contribution in [0, 0.1) is 6.92 Å². The van der Waals surface area contributed by atoms with Crippen LogP contribution in [-0.4, -0.2) is 18.0 Å². The van der Waals surface area contributed by atoms with Gasteiger partial charge in [0.15, 0.2) is 0 Å². The molecule has 0 aromatic carbocycles. The van der Waals surface area contributed by atoms with Crippen molar-refractivity contribution in [3.63, 3.8) is 0 Å². The Balaban J connectivity index is 2.14.